The normalized spacial score (nSPS) is 10.7. The van der Waals surface area contributed by atoms with E-state index in [1.54, 1.807) is 18.9 Å². The minimum atomic E-state index is 0.670. The Labute approximate surface area is 162 Å². The Bertz CT molecular complexity index is 877. The molecule has 1 aromatic heterocycles. The number of ether oxygens (including phenoxy) is 1. The van der Waals surface area contributed by atoms with Crippen molar-refractivity contribution < 1.29 is 4.74 Å². The fraction of sp³-hybridized carbons (Fsp3) is 0.200. The van der Waals surface area contributed by atoms with Crippen molar-refractivity contribution in [3.05, 3.63) is 83.2 Å². The lowest BCUT2D eigenvalue weighted by molar-refractivity contribution is 0.414. The molecule has 0 unspecified atom stereocenters. The summed E-state index contributed by atoms with van der Waals surface area (Å²) in [5.74, 6) is 2.51. The van der Waals surface area contributed by atoms with Crippen molar-refractivity contribution in [1.82, 2.24) is 14.8 Å². The Kier molecular flexibility index (Phi) is 6.36. The molecule has 0 aliphatic carbocycles. The molecule has 3 rings (SSSR count). The van der Waals surface area contributed by atoms with Gasteiger partial charge in [0.15, 0.2) is 5.16 Å². The maximum absolute atomic E-state index is 6.25. The number of hydrogen-bond donors (Lipinski definition) is 0. The number of thioether (sulfide) groups is 1. The number of halogens is 1. The summed E-state index contributed by atoms with van der Waals surface area (Å²) in [6.45, 7) is 4.53. The van der Waals surface area contributed by atoms with Crippen molar-refractivity contribution in [2.45, 2.75) is 23.9 Å². The van der Waals surface area contributed by atoms with Crippen LogP contribution >= 0.6 is 23.4 Å². The zero-order chi connectivity index (χ0) is 18.4. The number of rotatable bonds is 8. The molecule has 0 saturated heterocycles. The third kappa shape index (κ3) is 4.48. The van der Waals surface area contributed by atoms with E-state index in [1.165, 1.54) is 0 Å². The second-order valence-corrected chi connectivity index (χ2v) is 7.05. The van der Waals surface area contributed by atoms with E-state index in [0.717, 1.165) is 38.6 Å². The molecule has 1 heterocycles. The SMILES string of the molecule is C=CCn1c(Cc2ccc(OC)cc2)nnc1SCc1ccccc1Cl. The highest BCUT2D eigenvalue weighted by Gasteiger charge is 2.13. The van der Waals surface area contributed by atoms with Crippen molar-refractivity contribution in [1.29, 1.82) is 0 Å². The number of nitrogens with zero attached hydrogens (tertiary/aromatic N) is 3. The van der Waals surface area contributed by atoms with E-state index in [1.807, 2.05) is 54.6 Å². The van der Waals surface area contributed by atoms with E-state index in [0.29, 0.717) is 13.0 Å². The predicted molar refractivity (Wildman–Crippen MR) is 107 cm³/mol. The van der Waals surface area contributed by atoms with Gasteiger partial charge in [0, 0.05) is 23.7 Å². The second kappa shape index (κ2) is 8.92. The Morgan fingerprint density at radius 3 is 2.62 bits per heavy atom. The fourth-order valence-electron chi connectivity index (χ4n) is 2.55. The molecule has 0 fully saturated rings. The third-order valence-corrected chi connectivity index (χ3v) is 5.33. The first-order valence-electron chi connectivity index (χ1n) is 8.23. The molecular weight excluding hydrogens is 366 g/mol. The number of benzene rings is 2. The molecular formula is C20H20ClN3OS. The molecule has 0 atom stereocenters. The van der Waals surface area contributed by atoms with Crippen molar-refractivity contribution >= 4 is 23.4 Å². The molecule has 0 spiro atoms. The van der Waals surface area contributed by atoms with Crippen LogP contribution in [0, 0.1) is 0 Å². The van der Waals surface area contributed by atoms with Crippen molar-refractivity contribution in [3.8, 4) is 5.75 Å². The zero-order valence-electron chi connectivity index (χ0n) is 14.6. The Hall–Kier alpha value is -2.24. The van der Waals surface area contributed by atoms with Gasteiger partial charge in [-0.3, -0.25) is 0 Å². The molecule has 0 saturated carbocycles. The monoisotopic (exact) mass is 385 g/mol. The molecule has 0 radical (unpaired) electrons. The lowest BCUT2D eigenvalue weighted by Crippen LogP contribution is -2.05. The van der Waals surface area contributed by atoms with Gasteiger partial charge in [0.25, 0.3) is 0 Å². The van der Waals surface area contributed by atoms with Crippen LogP contribution in [0.15, 0.2) is 66.3 Å². The van der Waals surface area contributed by atoms with E-state index in [2.05, 4.69) is 21.3 Å². The van der Waals surface area contributed by atoms with Gasteiger partial charge in [-0.1, -0.05) is 59.8 Å². The Balaban J connectivity index is 1.76. The molecule has 4 nitrogen and oxygen atoms in total. The highest BCUT2D eigenvalue weighted by Crippen LogP contribution is 2.26. The van der Waals surface area contributed by atoms with Gasteiger partial charge in [0.05, 0.1) is 7.11 Å². The van der Waals surface area contributed by atoms with E-state index in [-0.39, 0.29) is 0 Å². The molecule has 2 aromatic carbocycles. The molecule has 6 heteroatoms. The maximum Gasteiger partial charge on any atom is 0.191 e. The lowest BCUT2D eigenvalue weighted by atomic mass is 10.1. The van der Waals surface area contributed by atoms with Crippen LogP contribution in [0.1, 0.15) is 17.0 Å². The first-order chi connectivity index (χ1) is 12.7. The zero-order valence-corrected chi connectivity index (χ0v) is 16.1. The van der Waals surface area contributed by atoms with Crippen LogP contribution in [0.5, 0.6) is 5.75 Å². The highest BCUT2D eigenvalue weighted by atomic mass is 35.5. The molecule has 0 aliphatic heterocycles. The summed E-state index contributed by atoms with van der Waals surface area (Å²) in [5, 5.41) is 10.4. The van der Waals surface area contributed by atoms with E-state index >= 15 is 0 Å². The molecule has 0 N–H and O–H groups in total. The van der Waals surface area contributed by atoms with Crippen LogP contribution in [0.4, 0.5) is 0 Å². The summed E-state index contributed by atoms with van der Waals surface area (Å²) in [4.78, 5) is 0. The van der Waals surface area contributed by atoms with Gasteiger partial charge in [-0.15, -0.1) is 16.8 Å². The van der Waals surface area contributed by atoms with Gasteiger partial charge in [0.2, 0.25) is 0 Å². The van der Waals surface area contributed by atoms with Crippen LogP contribution in [-0.2, 0) is 18.7 Å². The second-order valence-electron chi connectivity index (χ2n) is 5.70. The highest BCUT2D eigenvalue weighted by molar-refractivity contribution is 7.98. The van der Waals surface area contributed by atoms with Gasteiger partial charge in [0.1, 0.15) is 11.6 Å². The molecule has 134 valence electrons. The Morgan fingerprint density at radius 2 is 1.92 bits per heavy atom. The summed E-state index contributed by atoms with van der Waals surface area (Å²) in [6.07, 6.45) is 2.57. The lowest BCUT2D eigenvalue weighted by Gasteiger charge is -2.09. The van der Waals surface area contributed by atoms with E-state index in [9.17, 15) is 0 Å². The van der Waals surface area contributed by atoms with Crippen LogP contribution in [0.25, 0.3) is 0 Å². The average Bonchev–Trinajstić information content (AvgIpc) is 3.04. The first kappa shape index (κ1) is 18.5. The standard InChI is InChI=1S/C20H20ClN3OS/c1-3-12-24-19(13-15-8-10-17(25-2)11-9-15)22-23-20(24)26-14-16-6-4-5-7-18(16)21/h3-11H,1,12-14H2,2H3. The summed E-state index contributed by atoms with van der Waals surface area (Å²) < 4.78 is 7.30. The van der Waals surface area contributed by atoms with Gasteiger partial charge < -0.3 is 9.30 Å². The summed E-state index contributed by atoms with van der Waals surface area (Å²) in [5.41, 5.74) is 2.25. The number of hydrogen-bond acceptors (Lipinski definition) is 4. The Morgan fingerprint density at radius 1 is 1.15 bits per heavy atom. The molecule has 26 heavy (non-hydrogen) atoms. The smallest absolute Gasteiger partial charge is 0.191 e. The molecule has 3 aromatic rings. The molecule has 0 amide bonds. The van der Waals surface area contributed by atoms with Crippen LogP contribution in [-0.4, -0.2) is 21.9 Å². The van der Waals surface area contributed by atoms with Crippen LogP contribution < -0.4 is 4.74 Å². The summed E-state index contributed by atoms with van der Waals surface area (Å²) >= 11 is 7.87. The number of aromatic nitrogens is 3. The van der Waals surface area contributed by atoms with E-state index in [4.69, 9.17) is 16.3 Å². The van der Waals surface area contributed by atoms with E-state index < -0.39 is 0 Å². The van der Waals surface area contributed by atoms with Crippen LogP contribution in [0.3, 0.4) is 0 Å². The average molecular weight is 386 g/mol. The van der Waals surface area contributed by atoms with Gasteiger partial charge in [-0.25, -0.2) is 0 Å². The van der Waals surface area contributed by atoms with Gasteiger partial charge in [-0.2, -0.15) is 0 Å². The van der Waals surface area contributed by atoms with Crippen LogP contribution in [0.2, 0.25) is 5.02 Å². The largest absolute Gasteiger partial charge is 0.497 e. The molecule has 0 aliphatic rings. The summed E-state index contributed by atoms with van der Waals surface area (Å²) in [6, 6.07) is 15.9. The number of allylic oxidation sites excluding steroid dienone is 1. The fourth-order valence-corrected chi connectivity index (χ4v) is 3.81. The minimum Gasteiger partial charge on any atom is -0.497 e. The predicted octanol–water partition coefficient (Wildman–Crippen LogP) is 5.01. The number of methoxy groups -OCH3 is 1. The quantitative estimate of drug-likeness (QED) is 0.403. The molecule has 0 bridgehead atoms. The first-order valence-corrected chi connectivity index (χ1v) is 9.59. The topological polar surface area (TPSA) is 39.9 Å². The van der Waals surface area contributed by atoms with Crippen molar-refractivity contribution in [2.75, 3.05) is 7.11 Å². The van der Waals surface area contributed by atoms with Crippen molar-refractivity contribution in [2.24, 2.45) is 0 Å². The summed E-state index contributed by atoms with van der Waals surface area (Å²) in [7, 11) is 1.66. The van der Waals surface area contributed by atoms with Gasteiger partial charge >= 0.3 is 0 Å². The minimum absolute atomic E-state index is 0.670. The van der Waals surface area contributed by atoms with Crippen molar-refractivity contribution in [3.63, 3.8) is 0 Å². The maximum atomic E-state index is 6.25. The van der Waals surface area contributed by atoms with Gasteiger partial charge in [-0.05, 0) is 29.3 Å². The third-order valence-electron chi connectivity index (χ3n) is 3.94.